The third-order valence-corrected chi connectivity index (χ3v) is 2.90. The zero-order valence-corrected chi connectivity index (χ0v) is 14.7. The standard InChI is InChI=1S/C16H30O7/c1-5-20-15(7-9-22-13(3)17)11-19-12-16(21-6-2)8-10-23-14(4)18/h15-16H,5-12H2,1-4H3. The summed E-state index contributed by atoms with van der Waals surface area (Å²) in [5, 5.41) is 0. The lowest BCUT2D eigenvalue weighted by molar-refractivity contribution is -0.142. The van der Waals surface area contributed by atoms with Crippen LogP contribution in [0.1, 0.15) is 40.5 Å². The Labute approximate surface area is 138 Å². The summed E-state index contributed by atoms with van der Waals surface area (Å²) in [5.74, 6) is -0.605. The van der Waals surface area contributed by atoms with E-state index < -0.39 is 0 Å². The Balaban J connectivity index is 4.03. The second-order valence-corrected chi connectivity index (χ2v) is 4.95. The summed E-state index contributed by atoms with van der Waals surface area (Å²) < 4.78 is 26.6. The van der Waals surface area contributed by atoms with Crippen LogP contribution in [0.2, 0.25) is 0 Å². The molecule has 0 aliphatic carbocycles. The van der Waals surface area contributed by atoms with Gasteiger partial charge in [-0.1, -0.05) is 0 Å². The molecule has 0 heterocycles. The van der Waals surface area contributed by atoms with Crippen LogP contribution in [-0.4, -0.2) is 63.8 Å². The highest BCUT2D eigenvalue weighted by Crippen LogP contribution is 2.05. The Morgan fingerprint density at radius 2 is 1.17 bits per heavy atom. The van der Waals surface area contributed by atoms with Crippen molar-refractivity contribution in [3.05, 3.63) is 0 Å². The van der Waals surface area contributed by atoms with Crippen molar-refractivity contribution in [3.8, 4) is 0 Å². The number of ether oxygens (including phenoxy) is 5. The van der Waals surface area contributed by atoms with Gasteiger partial charge >= 0.3 is 11.9 Å². The molecule has 0 amide bonds. The molecule has 2 unspecified atom stereocenters. The first kappa shape index (κ1) is 21.8. The molecule has 0 spiro atoms. The summed E-state index contributed by atoms with van der Waals surface area (Å²) in [6.45, 7) is 9.10. The highest BCUT2D eigenvalue weighted by molar-refractivity contribution is 5.66. The van der Waals surface area contributed by atoms with E-state index in [9.17, 15) is 9.59 Å². The summed E-state index contributed by atoms with van der Waals surface area (Å²) in [7, 11) is 0. The molecule has 0 aliphatic rings. The summed E-state index contributed by atoms with van der Waals surface area (Å²) in [5.41, 5.74) is 0. The molecule has 0 rings (SSSR count). The van der Waals surface area contributed by atoms with Crippen LogP contribution >= 0.6 is 0 Å². The molecule has 0 fully saturated rings. The van der Waals surface area contributed by atoms with Gasteiger partial charge in [0.15, 0.2) is 0 Å². The maximum absolute atomic E-state index is 10.8. The Morgan fingerprint density at radius 3 is 1.48 bits per heavy atom. The minimum atomic E-state index is -0.303. The van der Waals surface area contributed by atoms with Gasteiger partial charge in [0.25, 0.3) is 0 Å². The van der Waals surface area contributed by atoms with Gasteiger partial charge in [0, 0.05) is 39.9 Å². The van der Waals surface area contributed by atoms with Crippen LogP contribution in [0, 0.1) is 0 Å². The van der Waals surface area contributed by atoms with E-state index in [0.29, 0.717) is 52.5 Å². The first-order chi connectivity index (χ1) is 11.0. The Morgan fingerprint density at radius 1 is 0.783 bits per heavy atom. The fourth-order valence-electron chi connectivity index (χ4n) is 1.90. The highest BCUT2D eigenvalue weighted by atomic mass is 16.6. The number of hydrogen-bond acceptors (Lipinski definition) is 7. The lowest BCUT2D eigenvalue weighted by atomic mass is 10.2. The molecule has 0 saturated carbocycles. The lowest BCUT2D eigenvalue weighted by Crippen LogP contribution is -2.27. The first-order valence-corrected chi connectivity index (χ1v) is 8.07. The van der Waals surface area contributed by atoms with E-state index in [-0.39, 0.29) is 24.1 Å². The van der Waals surface area contributed by atoms with Crippen molar-refractivity contribution in [1.82, 2.24) is 0 Å². The molecule has 7 heteroatoms. The Bertz CT molecular complexity index is 290. The van der Waals surface area contributed by atoms with Gasteiger partial charge < -0.3 is 23.7 Å². The van der Waals surface area contributed by atoms with E-state index in [4.69, 9.17) is 23.7 Å². The molecule has 2 atom stereocenters. The predicted octanol–water partition coefficient (Wildman–Crippen LogP) is 1.72. The van der Waals surface area contributed by atoms with Crippen LogP contribution in [0.4, 0.5) is 0 Å². The monoisotopic (exact) mass is 334 g/mol. The number of carbonyl (C=O) groups is 2. The number of carbonyl (C=O) groups excluding carboxylic acids is 2. The molecule has 23 heavy (non-hydrogen) atoms. The zero-order chi connectivity index (χ0) is 17.5. The largest absolute Gasteiger partial charge is 0.466 e. The third-order valence-electron chi connectivity index (χ3n) is 2.90. The SMILES string of the molecule is CCOC(CCOC(C)=O)COCC(CCOC(C)=O)OCC. The quantitative estimate of drug-likeness (QED) is 0.447. The molecule has 136 valence electrons. The predicted molar refractivity (Wildman–Crippen MR) is 84.1 cm³/mol. The highest BCUT2D eigenvalue weighted by Gasteiger charge is 2.14. The Kier molecular flexibility index (Phi) is 13.7. The van der Waals surface area contributed by atoms with Gasteiger partial charge in [-0.05, 0) is 13.8 Å². The number of rotatable bonds is 14. The van der Waals surface area contributed by atoms with E-state index in [0.717, 1.165) is 0 Å². The molecule has 0 aliphatic heterocycles. The van der Waals surface area contributed by atoms with Crippen molar-refractivity contribution in [2.75, 3.05) is 39.6 Å². The van der Waals surface area contributed by atoms with Gasteiger partial charge in [-0.3, -0.25) is 9.59 Å². The van der Waals surface area contributed by atoms with E-state index in [1.165, 1.54) is 13.8 Å². The van der Waals surface area contributed by atoms with Crippen LogP contribution in [0.3, 0.4) is 0 Å². The summed E-state index contributed by atoms with van der Waals surface area (Å²) in [6, 6.07) is 0. The molecule has 0 radical (unpaired) electrons. The van der Waals surface area contributed by atoms with Crippen LogP contribution in [0.25, 0.3) is 0 Å². The molecular formula is C16H30O7. The average molecular weight is 334 g/mol. The van der Waals surface area contributed by atoms with Crippen molar-refractivity contribution in [3.63, 3.8) is 0 Å². The van der Waals surface area contributed by atoms with E-state index in [1.54, 1.807) is 0 Å². The summed E-state index contributed by atoms with van der Waals surface area (Å²) in [4.78, 5) is 21.5. The minimum absolute atomic E-state index is 0.130. The second-order valence-electron chi connectivity index (χ2n) is 4.95. The first-order valence-electron chi connectivity index (χ1n) is 8.07. The van der Waals surface area contributed by atoms with Gasteiger partial charge in [-0.25, -0.2) is 0 Å². The van der Waals surface area contributed by atoms with Crippen LogP contribution in [-0.2, 0) is 33.3 Å². The van der Waals surface area contributed by atoms with Crippen molar-refractivity contribution in [2.24, 2.45) is 0 Å². The normalized spacial score (nSPS) is 13.4. The van der Waals surface area contributed by atoms with Gasteiger partial charge in [0.2, 0.25) is 0 Å². The maximum Gasteiger partial charge on any atom is 0.302 e. The van der Waals surface area contributed by atoms with E-state index in [2.05, 4.69) is 0 Å². The smallest absolute Gasteiger partial charge is 0.302 e. The minimum Gasteiger partial charge on any atom is -0.466 e. The topological polar surface area (TPSA) is 80.3 Å². The zero-order valence-electron chi connectivity index (χ0n) is 14.7. The number of esters is 2. The summed E-state index contributed by atoms with van der Waals surface area (Å²) in [6.07, 6.45) is 0.908. The number of hydrogen-bond donors (Lipinski definition) is 0. The average Bonchev–Trinajstić information content (AvgIpc) is 2.46. The molecule has 0 saturated heterocycles. The van der Waals surface area contributed by atoms with E-state index >= 15 is 0 Å². The molecule has 7 nitrogen and oxygen atoms in total. The van der Waals surface area contributed by atoms with Crippen molar-refractivity contribution in [1.29, 1.82) is 0 Å². The van der Waals surface area contributed by atoms with Crippen molar-refractivity contribution >= 4 is 11.9 Å². The van der Waals surface area contributed by atoms with Crippen LogP contribution < -0.4 is 0 Å². The van der Waals surface area contributed by atoms with Gasteiger partial charge in [0.05, 0.1) is 38.6 Å². The van der Waals surface area contributed by atoms with Gasteiger partial charge in [-0.15, -0.1) is 0 Å². The van der Waals surface area contributed by atoms with Crippen molar-refractivity contribution < 1.29 is 33.3 Å². The summed E-state index contributed by atoms with van der Waals surface area (Å²) >= 11 is 0. The molecular weight excluding hydrogens is 304 g/mol. The fraction of sp³-hybridized carbons (Fsp3) is 0.875. The van der Waals surface area contributed by atoms with E-state index in [1.807, 2.05) is 13.8 Å². The molecule has 0 aromatic carbocycles. The lowest BCUT2D eigenvalue weighted by Gasteiger charge is -2.20. The van der Waals surface area contributed by atoms with Gasteiger partial charge in [0.1, 0.15) is 0 Å². The Hall–Kier alpha value is -1.18. The molecule has 0 bridgehead atoms. The molecule has 0 N–H and O–H groups in total. The van der Waals surface area contributed by atoms with Crippen LogP contribution in [0.15, 0.2) is 0 Å². The second kappa shape index (κ2) is 14.4. The molecule has 0 aromatic heterocycles. The van der Waals surface area contributed by atoms with Crippen molar-refractivity contribution in [2.45, 2.75) is 52.7 Å². The molecule has 0 aromatic rings. The van der Waals surface area contributed by atoms with Crippen LogP contribution in [0.5, 0.6) is 0 Å². The van der Waals surface area contributed by atoms with Gasteiger partial charge in [-0.2, -0.15) is 0 Å². The maximum atomic E-state index is 10.8. The fourth-order valence-corrected chi connectivity index (χ4v) is 1.90. The third kappa shape index (κ3) is 14.2.